The molecule has 1 aromatic heterocycles. The maximum Gasteiger partial charge on any atom is 0.266 e. The Morgan fingerprint density at radius 1 is 1.62 bits per heavy atom. The molecule has 13 heavy (non-hydrogen) atoms. The maximum absolute atomic E-state index is 12.5. The molecule has 0 radical (unpaired) electrons. The van der Waals surface area contributed by atoms with Crippen LogP contribution in [-0.4, -0.2) is 4.98 Å². The van der Waals surface area contributed by atoms with Gasteiger partial charge in [-0.05, 0) is 28.7 Å². The molecule has 1 aromatic rings. The molecule has 0 amide bonds. The van der Waals surface area contributed by atoms with Crippen LogP contribution in [0.1, 0.15) is 17.7 Å². The highest BCUT2D eigenvalue weighted by Crippen LogP contribution is 2.29. The van der Waals surface area contributed by atoms with Gasteiger partial charge in [0.05, 0.1) is 17.1 Å². The molecule has 1 heterocycles. The molecule has 0 spiro atoms. The third kappa shape index (κ3) is 2.40. The Hall–Kier alpha value is -0.170. The lowest BCUT2D eigenvalue weighted by Crippen LogP contribution is -2.03. The molecule has 0 fully saturated rings. The van der Waals surface area contributed by atoms with E-state index in [2.05, 4.69) is 4.98 Å². The van der Waals surface area contributed by atoms with Crippen molar-refractivity contribution in [3.05, 3.63) is 20.9 Å². The second-order valence-corrected chi connectivity index (χ2v) is 3.75. The molecule has 0 aliphatic rings. The standard InChI is InChI=1S/C7H6ClF2IN2/c8-2-4-6(7(9)10)3(11)1-5(12)13-4/h1,7H,2H2,(H2,12,13). The summed E-state index contributed by atoms with van der Waals surface area (Å²) in [5, 5.41) is 0. The van der Waals surface area contributed by atoms with E-state index in [4.69, 9.17) is 17.3 Å². The minimum atomic E-state index is -2.56. The molecular weight excluding hydrogens is 312 g/mol. The molecule has 0 saturated carbocycles. The molecule has 6 heteroatoms. The number of alkyl halides is 3. The van der Waals surface area contributed by atoms with Crippen molar-refractivity contribution < 1.29 is 8.78 Å². The van der Waals surface area contributed by atoms with Crippen molar-refractivity contribution in [1.29, 1.82) is 0 Å². The van der Waals surface area contributed by atoms with Crippen LogP contribution < -0.4 is 5.73 Å². The van der Waals surface area contributed by atoms with Gasteiger partial charge in [0.25, 0.3) is 6.43 Å². The van der Waals surface area contributed by atoms with Crippen molar-refractivity contribution >= 4 is 40.0 Å². The van der Waals surface area contributed by atoms with Crippen LogP contribution in [0.15, 0.2) is 6.07 Å². The molecule has 0 bridgehead atoms. The summed E-state index contributed by atoms with van der Waals surface area (Å²) in [5.74, 6) is 0.158. The van der Waals surface area contributed by atoms with E-state index in [1.807, 2.05) is 0 Å². The first kappa shape index (κ1) is 10.9. The minimum Gasteiger partial charge on any atom is -0.384 e. The number of rotatable bonds is 2. The molecule has 2 nitrogen and oxygen atoms in total. The maximum atomic E-state index is 12.5. The van der Waals surface area contributed by atoms with Crippen LogP contribution in [0.3, 0.4) is 0 Å². The van der Waals surface area contributed by atoms with Crippen LogP contribution >= 0.6 is 34.2 Å². The smallest absolute Gasteiger partial charge is 0.266 e. The highest BCUT2D eigenvalue weighted by Gasteiger charge is 2.18. The van der Waals surface area contributed by atoms with Crippen LogP contribution in [0.4, 0.5) is 14.6 Å². The van der Waals surface area contributed by atoms with E-state index in [-0.39, 0.29) is 23.0 Å². The highest BCUT2D eigenvalue weighted by molar-refractivity contribution is 14.1. The number of anilines is 1. The Bertz CT molecular complexity index is 320. The zero-order valence-electron chi connectivity index (χ0n) is 6.40. The van der Waals surface area contributed by atoms with Gasteiger partial charge < -0.3 is 5.73 Å². The lowest BCUT2D eigenvalue weighted by molar-refractivity contribution is 0.149. The summed E-state index contributed by atoms with van der Waals surface area (Å²) < 4.78 is 25.3. The van der Waals surface area contributed by atoms with Crippen molar-refractivity contribution in [3.63, 3.8) is 0 Å². The number of nitrogens with two attached hydrogens (primary N) is 1. The summed E-state index contributed by atoms with van der Waals surface area (Å²) in [6, 6.07) is 1.40. The molecule has 0 aromatic carbocycles. The fourth-order valence-corrected chi connectivity index (χ4v) is 2.00. The van der Waals surface area contributed by atoms with E-state index in [0.29, 0.717) is 3.57 Å². The predicted octanol–water partition coefficient (Wildman–Crippen LogP) is 2.94. The first-order valence-electron chi connectivity index (χ1n) is 3.35. The van der Waals surface area contributed by atoms with Gasteiger partial charge >= 0.3 is 0 Å². The summed E-state index contributed by atoms with van der Waals surface area (Å²) >= 11 is 7.26. The molecule has 0 aliphatic heterocycles. The summed E-state index contributed by atoms with van der Waals surface area (Å²) in [7, 11) is 0. The average molecular weight is 318 g/mol. The van der Waals surface area contributed by atoms with E-state index in [1.165, 1.54) is 6.07 Å². The minimum absolute atomic E-state index is 0.0548. The van der Waals surface area contributed by atoms with Gasteiger partial charge in [-0.25, -0.2) is 13.8 Å². The molecule has 2 N–H and O–H groups in total. The molecule has 0 saturated heterocycles. The van der Waals surface area contributed by atoms with E-state index in [0.717, 1.165) is 0 Å². The molecular formula is C7H6ClF2IN2. The Morgan fingerprint density at radius 2 is 2.23 bits per heavy atom. The number of pyridine rings is 1. The average Bonchev–Trinajstić information content (AvgIpc) is 2.01. The molecule has 1 rings (SSSR count). The first-order chi connectivity index (χ1) is 6.06. The van der Waals surface area contributed by atoms with Crippen LogP contribution in [0, 0.1) is 3.57 Å². The van der Waals surface area contributed by atoms with E-state index < -0.39 is 6.43 Å². The van der Waals surface area contributed by atoms with Crippen LogP contribution in [0.5, 0.6) is 0 Å². The zero-order valence-corrected chi connectivity index (χ0v) is 9.31. The highest BCUT2D eigenvalue weighted by atomic mass is 127. The SMILES string of the molecule is Nc1cc(I)c(C(F)F)c(CCl)n1. The van der Waals surface area contributed by atoms with Crippen molar-refractivity contribution in [2.45, 2.75) is 12.3 Å². The van der Waals surface area contributed by atoms with Crippen molar-refractivity contribution in [3.8, 4) is 0 Å². The Morgan fingerprint density at radius 3 is 2.69 bits per heavy atom. The van der Waals surface area contributed by atoms with Gasteiger partial charge in [-0.15, -0.1) is 11.6 Å². The number of aromatic nitrogens is 1. The fraction of sp³-hybridized carbons (Fsp3) is 0.286. The first-order valence-corrected chi connectivity index (χ1v) is 4.96. The summed E-state index contributed by atoms with van der Waals surface area (Å²) in [6.07, 6.45) is -2.56. The Balaban J connectivity index is 3.30. The van der Waals surface area contributed by atoms with Crippen LogP contribution in [0.2, 0.25) is 0 Å². The van der Waals surface area contributed by atoms with Gasteiger partial charge in [0.2, 0.25) is 0 Å². The summed E-state index contributed by atoms with van der Waals surface area (Å²) in [4.78, 5) is 3.73. The lowest BCUT2D eigenvalue weighted by Gasteiger charge is -2.08. The Kier molecular flexibility index (Phi) is 3.66. The topological polar surface area (TPSA) is 38.9 Å². The summed E-state index contributed by atoms with van der Waals surface area (Å²) in [5.41, 5.74) is 5.42. The lowest BCUT2D eigenvalue weighted by atomic mass is 10.2. The second kappa shape index (κ2) is 4.36. The third-order valence-corrected chi connectivity index (χ3v) is 2.60. The van der Waals surface area contributed by atoms with Gasteiger partial charge in [0.1, 0.15) is 5.82 Å². The molecule has 72 valence electrons. The molecule has 0 aliphatic carbocycles. The second-order valence-electron chi connectivity index (χ2n) is 2.32. The van der Waals surface area contributed by atoms with Gasteiger partial charge in [0.15, 0.2) is 0 Å². The third-order valence-electron chi connectivity index (χ3n) is 1.45. The quantitative estimate of drug-likeness (QED) is 0.672. The molecule has 0 atom stereocenters. The number of halogens is 4. The normalized spacial score (nSPS) is 10.8. The Labute approximate surface area is 92.6 Å². The number of nitrogen functional groups attached to an aromatic ring is 1. The van der Waals surface area contributed by atoms with Gasteiger partial charge in [0, 0.05) is 3.57 Å². The fourth-order valence-electron chi connectivity index (χ4n) is 0.926. The number of hydrogen-bond acceptors (Lipinski definition) is 2. The van der Waals surface area contributed by atoms with Gasteiger partial charge in [-0.3, -0.25) is 0 Å². The number of nitrogens with zero attached hydrogens (tertiary/aromatic N) is 1. The van der Waals surface area contributed by atoms with Gasteiger partial charge in [-0.2, -0.15) is 0 Å². The van der Waals surface area contributed by atoms with Crippen LogP contribution in [0.25, 0.3) is 0 Å². The van der Waals surface area contributed by atoms with E-state index in [1.54, 1.807) is 22.6 Å². The summed E-state index contributed by atoms with van der Waals surface area (Å²) in [6.45, 7) is 0. The van der Waals surface area contributed by atoms with Crippen molar-refractivity contribution in [2.24, 2.45) is 0 Å². The monoisotopic (exact) mass is 318 g/mol. The van der Waals surface area contributed by atoms with Crippen molar-refractivity contribution in [2.75, 3.05) is 5.73 Å². The largest absolute Gasteiger partial charge is 0.384 e. The zero-order chi connectivity index (χ0) is 10.0. The number of hydrogen-bond donors (Lipinski definition) is 1. The van der Waals surface area contributed by atoms with Crippen molar-refractivity contribution in [1.82, 2.24) is 4.98 Å². The van der Waals surface area contributed by atoms with Crippen LogP contribution in [-0.2, 0) is 5.88 Å². The predicted molar refractivity (Wildman–Crippen MR) is 55.9 cm³/mol. The van der Waals surface area contributed by atoms with Gasteiger partial charge in [-0.1, -0.05) is 0 Å². The molecule has 0 unspecified atom stereocenters. The van der Waals surface area contributed by atoms with E-state index in [9.17, 15) is 8.78 Å². The van der Waals surface area contributed by atoms with E-state index >= 15 is 0 Å².